The lowest BCUT2D eigenvalue weighted by Gasteiger charge is -2.09. The summed E-state index contributed by atoms with van der Waals surface area (Å²) in [5.41, 5.74) is 0. The van der Waals surface area contributed by atoms with E-state index >= 15 is 0 Å². The van der Waals surface area contributed by atoms with Crippen LogP contribution in [0.5, 0.6) is 0 Å². The van der Waals surface area contributed by atoms with E-state index in [2.05, 4.69) is 23.8 Å². The predicted octanol–water partition coefficient (Wildman–Crippen LogP) is 2.40. The maximum atomic E-state index is 9.18. The molecule has 0 heterocycles. The largest absolute Gasteiger partial charge is 0.468 e. The predicted molar refractivity (Wildman–Crippen MR) is 52.2 cm³/mol. The Morgan fingerprint density at radius 3 is 2.38 bits per heavy atom. The van der Waals surface area contributed by atoms with Gasteiger partial charge in [0.05, 0.1) is 6.61 Å². The Morgan fingerprint density at radius 1 is 1.46 bits per heavy atom. The van der Waals surface area contributed by atoms with Gasteiger partial charge in [0.2, 0.25) is 0 Å². The van der Waals surface area contributed by atoms with E-state index in [1.807, 2.05) is 0 Å². The van der Waals surface area contributed by atoms with Crippen LogP contribution in [-0.2, 0) is 9.53 Å². The molecule has 0 radical (unpaired) electrons. The van der Waals surface area contributed by atoms with Crippen molar-refractivity contribution in [2.45, 2.75) is 26.7 Å². The molecule has 0 saturated heterocycles. The van der Waals surface area contributed by atoms with Crippen LogP contribution in [0.4, 0.5) is 0 Å². The van der Waals surface area contributed by atoms with Crippen LogP contribution in [0.3, 0.4) is 0 Å². The van der Waals surface area contributed by atoms with Crippen LogP contribution in [0, 0.1) is 17.8 Å². The topological polar surface area (TPSA) is 26.3 Å². The van der Waals surface area contributed by atoms with E-state index in [0.717, 1.165) is 17.8 Å². The van der Waals surface area contributed by atoms with E-state index in [0.29, 0.717) is 13.1 Å². The van der Waals surface area contributed by atoms with Gasteiger partial charge in [-0.1, -0.05) is 19.1 Å². The van der Waals surface area contributed by atoms with Crippen molar-refractivity contribution in [3.8, 4) is 0 Å². The Morgan fingerprint density at radius 2 is 2.23 bits per heavy atom. The van der Waals surface area contributed by atoms with Crippen molar-refractivity contribution in [3.05, 3.63) is 12.2 Å². The second-order valence-electron chi connectivity index (χ2n) is 3.81. The zero-order valence-corrected chi connectivity index (χ0v) is 8.40. The van der Waals surface area contributed by atoms with Crippen LogP contribution >= 0.6 is 0 Å². The molecule has 2 rings (SSSR count). The molecule has 0 amide bonds. The van der Waals surface area contributed by atoms with Crippen LogP contribution in [-0.4, -0.2) is 13.1 Å². The minimum atomic E-state index is 0.431. The molecule has 13 heavy (non-hydrogen) atoms. The van der Waals surface area contributed by atoms with Gasteiger partial charge in [0.15, 0.2) is 0 Å². The SMILES string of the molecule is CC1CC2C=CC1C2.CCOC=O. The summed E-state index contributed by atoms with van der Waals surface area (Å²) in [6.07, 6.45) is 7.71. The maximum Gasteiger partial charge on any atom is 0.293 e. The zero-order chi connectivity index (χ0) is 9.68. The van der Waals surface area contributed by atoms with E-state index in [-0.39, 0.29) is 0 Å². The highest BCUT2D eigenvalue weighted by Gasteiger charge is 2.32. The van der Waals surface area contributed by atoms with Gasteiger partial charge in [-0.15, -0.1) is 0 Å². The van der Waals surface area contributed by atoms with Crippen molar-refractivity contribution >= 4 is 6.47 Å². The lowest BCUT2D eigenvalue weighted by molar-refractivity contribution is -0.128. The molecule has 0 aliphatic heterocycles. The summed E-state index contributed by atoms with van der Waals surface area (Å²) in [6.45, 7) is 5.03. The van der Waals surface area contributed by atoms with E-state index < -0.39 is 0 Å². The number of carbonyl (C=O) groups excluding carboxylic acids is 1. The molecule has 0 aromatic rings. The Balaban J connectivity index is 0.000000149. The Kier molecular flexibility index (Phi) is 4.00. The summed E-state index contributed by atoms with van der Waals surface area (Å²) < 4.78 is 4.15. The van der Waals surface area contributed by atoms with Gasteiger partial charge in [0, 0.05) is 0 Å². The number of rotatable bonds is 2. The molecule has 1 fully saturated rings. The molecule has 3 atom stereocenters. The molecule has 0 spiro atoms. The number of hydrogen-bond acceptors (Lipinski definition) is 2. The van der Waals surface area contributed by atoms with Crippen molar-refractivity contribution in [1.29, 1.82) is 0 Å². The molecule has 74 valence electrons. The van der Waals surface area contributed by atoms with Gasteiger partial charge in [-0.25, -0.2) is 0 Å². The quantitative estimate of drug-likeness (QED) is 0.484. The first kappa shape index (κ1) is 10.3. The standard InChI is InChI=1S/C8H12.C3H6O2/c1-6-4-7-2-3-8(6)5-7;1-2-5-3-4/h2-3,6-8H,4-5H2,1H3;3H,2H2,1H3. The summed E-state index contributed by atoms with van der Waals surface area (Å²) in [6, 6.07) is 0. The first-order valence-corrected chi connectivity index (χ1v) is 5.01. The van der Waals surface area contributed by atoms with Crippen molar-refractivity contribution in [2.75, 3.05) is 6.61 Å². The highest BCUT2D eigenvalue weighted by molar-refractivity contribution is 5.36. The molecular weight excluding hydrogens is 164 g/mol. The summed E-state index contributed by atoms with van der Waals surface area (Å²) in [5, 5.41) is 0. The smallest absolute Gasteiger partial charge is 0.293 e. The molecule has 1 saturated carbocycles. The first-order valence-electron chi connectivity index (χ1n) is 5.01. The molecule has 0 N–H and O–H groups in total. The average Bonchev–Trinajstić information content (AvgIpc) is 2.67. The van der Waals surface area contributed by atoms with E-state index in [9.17, 15) is 4.79 Å². The lowest BCUT2D eigenvalue weighted by atomic mass is 9.96. The molecule has 0 aromatic carbocycles. The monoisotopic (exact) mass is 182 g/mol. The maximum absolute atomic E-state index is 9.18. The second kappa shape index (κ2) is 5.05. The van der Waals surface area contributed by atoms with Crippen LogP contribution in [0.15, 0.2) is 12.2 Å². The third-order valence-electron chi connectivity index (χ3n) is 2.85. The summed E-state index contributed by atoms with van der Waals surface area (Å²) in [4.78, 5) is 9.18. The summed E-state index contributed by atoms with van der Waals surface area (Å²) in [5.74, 6) is 2.92. The van der Waals surface area contributed by atoms with E-state index in [4.69, 9.17) is 0 Å². The minimum Gasteiger partial charge on any atom is -0.468 e. The van der Waals surface area contributed by atoms with E-state index in [1.54, 1.807) is 6.92 Å². The average molecular weight is 182 g/mol. The fraction of sp³-hybridized carbons (Fsp3) is 0.727. The van der Waals surface area contributed by atoms with Crippen LogP contribution in [0.25, 0.3) is 0 Å². The molecule has 2 aliphatic rings. The lowest BCUT2D eigenvalue weighted by Crippen LogP contribution is -1.99. The molecule has 2 aliphatic carbocycles. The number of allylic oxidation sites excluding steroid dienone is 2. The fourth-order valence-electron chi connectivity index (χ4n) is 2.12. The Labute approximate surface area is 80.0 Å². The zero-order valence-electron chi connectivity index (χ0n) is 8.40. The Bertz CT molecular complexity index is 187. The van der Waals surface area contributed by atoms with Gasteiger partial charge in [0.1, 0.15) is 0 Å². The minimum absolute atomic E-state index is 0.431. The number of carbonyl (C=O) groups is 1. The van der Waals surface area contributed by atoms with Gasteiger partial charge in [0.25, 0.3) is 6.47 Å². The second-order valence-corrected chi connectivity index (χ2v) is 3.81. The van der Waals surface area contributed by atoms with Gasteiger partial charge in [-0.3, -0.25) is 4.79 Å². The summed E-state index contributed by atoms with van der Waals surface area (Å²) >= 11 is 0. The van der Waals surface area contributed by atoms with Crippen LogP contribution < -0.4 is 0 Å². The third-order valence-corrected chi connectivity index (χ3v) is 2.85. The van der Waals surface area contributed by atoms with Crippen molar-refractivity contribution < 1.29 is 9.53 Å². The van der Waals surface area contributed by atoms with Gasteiger partial charge in [-0.05, 0) is 37.5 Å². The fourth-order valence-corrected chi connectivity index (χ4v) is 2.12. The molecule has 2 bridgehead atoms. The van der Waals surface area contributed by atoms with Crippen LogP contribution in [0.1, 0.15) is 26.7 Å². The molecule has 3 unspecified atom stereocenters. The van der Waals surface area contributed by atoms with Crippen molar-refractivity contribution in [2.24, 2.45) is 17.8 Å². The van der Waals surface area contributed by atoms with Gasteiger partial charge < -0.3 is 4.74 Å². The summed E-state index contributed by atoms with van der Waals surface area (Å²) in [7, 11) is 0. The van der Waals surface area contributed by atoms with Gasteiger partial charge in [-0.2, -0.15) is 0 Å². The molecule has 0 aromatic heterocycles. The number of hydrogen-bond donors (Lipinski definition) is 0. The molecule has 2 heteroatoms. The first-order chi connectivity index (χ1) is 6.27. The highest BCUT2D eigenvalue weighted by Crippen LogP contribution is 2.42. The number of fused-ring (bicyclic) bond motifs is 2. The van der Waals surface area contributed by atoms with E-state index in [1.165, 1.54) is 12.8 Å². The van der Waals surface area contributed by atoms with Crippen molar-refractivity contribution in [3.63, 3.8) is 0 Å². The third kappa shape index (κ3) is 2.87. The Hall–Kier alpha value is -0.790. The molecular formula is C11H18O2. The van der Waals surface area contributed by atoms with Crippen molar-refractivity contribution in [1.82, 2.24) is 0 Å². The van der Waals surface area contributed by atoms with Crippen LogP contribution in [0.2, 0.25) is 0 Å². The molecule has 2 nitrogen and oxygen atoms in total. The number of ether oxygens (including phenoxy) is 1. The normalized spacial score (nSPS) is 33.8. The highest BCUT2D eigenvalue weighted by atomic mass is 16.5. The van der Waals surface area contributed by atoms with Gasteiger partial charge >= 0.3 is 0 Å².